The number of aromatic carboxylic acids is 1. The Morgan fingerprint density at radius 1 is 1.50 bits per heavy atom. The van der Waals surface area contributed by atoms with Gasteiger partial charge in [0.15, 0.2) is 0 Å². The summed E-state index contributed by atoms with van der Waals surface area (Å²) in [5.41, 5.74) is -0.357. The fourth-order valence-corrected chi connectivity index (χ4v) is 1.55. The van der Waals surface area contributed by atoms with Crippen molar-refractivity contribution in [2.45, 2.75) is 0 Å². The third kappa shape index (κ3) is 3.11. The van der Waals surface area contributed by atoms with E-state index in [2.05, 4.69) is 0 Å². The van der Waals surface area contributed by atoms with E-state index in [9.17, 15) is 13.2 Å². The van der Waals surface area contributed by atoms with Gasteiger partial charge in [0.25, 0.3) is 10.2 Å². The van der Waals surface area contributed by atoms with Crippen molar-refractivity contribution in [2.24, 2.45) is 5.14 Å². The summed E-state index contributed by atoms with van der Waals surface area (Å²) in [6.07, 6.45) is 0. The number of hydrogen-bond acceptors (Lipinski definition) is 4. The number of ether oxygens (including phenoxy) is 1. The molecule has 0 saturated carbocycles. The number of hydrogen-bond donors (Lipinski definition) is 3. The minimum Gasteiger partial charge on any atom is -0.497 e. The molecule has 0 heterocycles. The average molecular weight is 246 g/mol. The normalized spacial score (nSPS) is 10.9. The molecule has 0 aromatic heterocycles. The number of methoxy groups -OCH3 is 1. The number of anilines is 1. The van der Waals surface area contributed by atoms with Gasteiger partial charge in [-0.25, -0.2) is 9.93 Å². The van der Waals surface area contributed by atoms with Crippen molar-refractivity contribution in [1.82, 2.24) is 0 Å². The van der Waals surface area contributed by atoms with Crippen molar-refractivity contribution < 1.29 is 23.1 Å². The first-order valence-corrected chi connectivity index (χ1v) is 5.60. The van der Waals surface area contributed by atoms with Gasteiger partial charge in [0.2, 0.25) is 0 Å². The highest BCUT2D eigenvalue weighted by Crippen LogP contribution is 2.22. The van der Waals surface area contributed by atoms with Gasteiger partial charge in [-0.2, -0.15) is 8.42 Å². The summed E-state index contributed by atoms with van der Waals surface area (Å²) in [5.74, 6) is -0.984. The van der Waals surface area contributed by atoms with Gasteiger partial charge >= 0.3 is 5.97 Å². The van der Waals surface area contributed by atoms with E-state index < -0.39 is 16.2 Å². The summed E-state index contributed by atoms with van der Waals surface area (Å²) in [6, 6.07) is 3.86. The zero-order valence-electron chi connectivity index (χ0n) is 8.30. The number of carboxylic acid groups (broad SMARTS) is 1. The van der Waals surface area contributed by atoms with Crippen LogP contribution in [0.25, 0.3) is 0 Å². The molecule has 0 aliphatic heterocycles. The van der Waals surface area contributed by atoms with Gasteiger partial charge in [-0.15, -0.1) is 0 Å². The van der Waals surface area contributed by atoms with Crippen LogP contribution in [0.15, 0.2) is 18.2 Å². The van der Waals surface area contributed by atoms with Gasteiger partial charge in [0.1, 0.15) is 5.75 Å². The van der Waals surface area contributed by atoms with Crippen LogP contribution in [0.1, 0.15) is 10.4 Å². The van der Waals surface area contributed by atoms with Crippen LogP contribution in [-0.2, 0) is 10.2 Å². The van der Waals surface area contributed by atoms with Gasteiger partial charge in [-0.3, -0.25) is 4.72 Å². The molecule has 0 atom stereocenters. The largest absolute Gasteiger partial charge is 0.497 e. The first-order chi connectivity index (χ1) is 7.33. The molecule has 88 valence electrons. The van der Waals surface area contributed by atoms with E-state index in [1.807, 2.05) is 4.72 Å². The van der Waals surface area contributed by atoms with Crippen molar-refractivity contribution in [3.63, 3.8) is 0 Å². The Labute approximate surface area is 92.0 Å². The fourth-order valence-electron chi connectivity index (χ4n) is 1.07. The van der Waals surface area contributed by atoms with Crippen LogP contribution in [-0.4, -0.2) is 26.6 Å². The molecule has 1 aromatic carbocycles. The van der Waals surface area contributed by atoms with Gasteiger partial charge in [-0.05, 0) is 18.2 Å². The zero-order chi connectivity index (χ0) is 12.3. The highest BCUT2D eigenvalue weighted by molar-refractivity contribution is 7.90. The Morgan fingerprint density at radius 3 is 2.56 bits per heavy atom. The van der Waals surface area contributed by atoms with E-state index in [4.69, 9.17) is 15.0 Å². The molecule has 1 aromatic rings. The first kappa shape index (κ1) is 12.3. The molecule has 0 radical (unpaired) electrons. The lowest BCUT2D eigenvalue weighted by Crippen LogP contribution is -2.23. The van der Waals surface area contributed by atoms with Crippen molar-refractivity contribution in [3.05, 3.63) is 23.8 Å². The number of nitrogens with two attached hydrogens (primary N) is 1. The monoisotopic (exact) mass is 246 g/mol. The molecule has 1 rings (SSSR count). The maximum Gasteiger partial charge on any atom is 0.337 e. The second-order valence-corrected chi connectivity index (χ2v) is 4.16. The molecule has 16 heavy (non-hydrogen) atoms. The number of benzene rings is 1. The molecule has 0 aliphatic carbocycles. The van der Waals surface area contributed by atoms with Crippen LogP contribution >= 0.6 is 0 Å². The predicted molar refractivity (Wildman–Crippen MR) is 56.7 cm³/mol. The van der Waals surface area contributed by atoms with Crippen LogP contribution in [0.2, 0.25) is 0 Å². The third-order valence-electron chi connectivity index (χ3n) is 1.71. The topological polar surface area (TPSA) is 119 Å². The van der Waals surface area contributed by atoms with Crippen molar-refractivity contribution >= 4 is 21.9 Å². The second-order valence-electron chi connectivity index (χ2n) is 2.86. The highest BCUT2D eigenvalue weighted by Gasteiger charge is 2.14. The highest BCUT2D eigenvalue weighted by atomic mass is 32.2. The Morgan fingerprint density at radius 2 is 2.12 bits per heavy atom. The van der Waals surface area contributed by atoms with Crippen molar-refractivity contribution in [2.75, 3.05) is 11.8 Å². The number of carboxylic acids is 1. The third-order valence-corrected chi connectivity index (χ3v) is 2.21. The van der Waals surface area contributed by atoms with E-state index in [1.165, 1.54) is 25.3 Å². The summed E-state index contributed by atoms with van der Waals surface area (Å²) in [7, 11) is -2.64. The Kier molecular flexibility index (Phi) is 3.35. The van der Waals surface area contributed by atoms with Crippen LogP contribution in [0, 0.1) is 0 Å². The van der Waals surface area contributed by atoms with Gasteiger partial charge in [-0.1, -0.05) is 0 Å². The quantitative estimate of drug-likeness (QED) is 0.691. The first-order valence-electron chi connectivity index (χ1n) is 4.05. The molecule has 0 saturated heterocycles. The summed E-state index contributed by atoms with van der Waals surface area (Å²) in [6.45, 7) is 0. The van der Waals surface area contributed by atoms with E-state index in [0.29, 0.717) is 5.75 Å². The lowest BCUT2D eigenvalue weighted by Gasteiger charge is -2.08. The van der Waals surface area contributed by atoms with E-state index in [-0.39, 0.29) is 11.3 Å². The van der Waals surface area contributed by atoms with Crippen molar-refractivity contribution in [1.29, 1.82) is 0 Å². The minimum atomic E-state index is -4.01. The summed E-state index contributed by atoms with van der Waals surface area (Å²) < 4.78 is 28.3. The van der Waals surface area contributed by atoms with Gasteiger partial charge in [0.05, 0.1) is 18.4 Å². The van der Waals surface area contributed by atoms with Crippen LogP contribution in [0.5, 0.6) is 5.75 Å². The van der Waals surface area contributed by atoms with Crippen LogP contribution < -0.4 is 14.6 Å². The standard InChI is InChI=1S/C8H10N2O5S/c1-15-5-2-3-7(10-16(9,13)14)6(4-5)8(11)12/h2-4,10H,1H3,(H,11,12)(H2,9,13,14). The molecule has 8 heteroatoms. The fraction of sp³-hybridized carbons (Fsp3) is 0.125. The number of carbonyl (C=O) groups is 1. The summed E-state index contributed by atoms with van der Waals surface area (Å²) in [5, 5.41) is 13.6. The van der Waals surface area contributed by atoms with E-state index in [0.717, 1.165) is 0 Å². The second kappa shape index (κ2) is 4.37. The van der Waals surface area contributed by atoms with Crippen molar-refractivity contribution in [3.8, 4) is 5.75 Å². The van der Waals surface area contributed by atoms with Gasteiger partial charge < -0.3 is 9.84 Å². The SMILES string of the molecule is COc1ccc(NS(N)(=O)=O)c(C(=O)O)c1. The molecular formula is C8H10N2O5S. The van der Waals surface area contributed by atoms with E-state index >= 15 is 0 Å². The zero-order valence-corrected chi connectivity index (χ0v) is 9.11. The molecule has 0 amide bonds. The lowest BCUT2D eigenvalue weighted by atomic mass is 10.2. The lowest BCUT2D eigenvalue weighted by molar-refractivity contribution is 0.0697. The maximum atomic E-state index is 10.8. The van der Waals surface area contributed by atoms with Crippen LogP contribution in [0.4, 0.5) is 5.69 Å². The van der Waals surface area contributed by atoms with Crippen LogP contribution in [0.3, 0.4) is 0 Å². The Balaban J connectivity index is 3.23. The molecule has 7 nitrogen and oxygen atoms in total. The Bertz CT molecular complexity index is 511. The molecule has 4 N–H and O–H groups in total. The molecule has 0 spiro atoms. The van der Waals surface area contributed by atoms with E-state index in [1.54, 1.807) is 0 Å². The molecule has 0 aliphatic rings. The minimum absolute atomic E-state index is 0.115. The molecule has 0 fully saturated rings. The number of nitrogens with one attached hydrogen (secondary N) is 1. The average Bonchev–Trinajstić information content (AvgIpc) is 2.15. The summed E-state index contributed by atoms with van der Waals surface area (Å²) >= 11 is 0. The molecule has 0 unspecified atom stereocenters. The molecule has 0 bridgehead atoms. The number of rotatable bonds is 4. The summed E-state index contributed by atoms with van der Waals surface area (Å²) in [4.78, 5) is 10.8. The molecular weight excluding hydrogens is 236 g/mol. The predicted octanol–water partition coefficient (Wildman–Crippen LogP) is 0.00880. The Hall–Kier alpha value is -1.80. The smallest absolute Gasteiger partial charge is 0.337 e. The maximum absolute atomic E-state index is 10.8. The van der Waals surface area contributed by atoms with Gasteiger partial charge in [0, 0.05) is 0 Å².